The Labute approximate surface area is 218 Å². The number of nitrogens with zero attached hydrogens (tertiary/aromatic N) is 1. The maximum atomic E-state index is 13.3. The van der Waals surface area contributed by atoms with Crippen LogP contribution in [0.25, 0.3) is 0 Å². The zero-order valence-corrected chi connectivity index (χ0v) is 20.7. The molecule has 2 aromatic rings. The summed E-state index contributed by atoms with van der Waals surface area (Å²) in [5.41, 5.74) is -2.58. The van der Waals surface area contributed by atoms with Gasteiger partial charge in [-0.1, -0.05) is 21.5 Å². The number of rotatable bonds is 11. The van der Waals surface area contributed by atoms with E-state index in [4.69, 9.17) is 0 Å². The van der Waals surface area contributed by atoms with Crippen LogP contribution in [0.3, 0.4) is 0 Å². The summed E-state index contributed by atoms with van der Waals surface area (Å²) in [7, 11) is -5.43. The van der Waals surface area contributed by atoms with E-state index >= 15 is 0 Å². The Morgan fingerprint density at radius 2 is 1.25 bits per heavy atom. The second kappa shape index (κ2) is 12.8. The third kappa shape index (κ3) is 9.91. The van der Waals surface area contributed by atoms with Crippen LogP contribution in [0.5, 0.6) is 11.5 Å². The SMILES string of the molecule is CCOC(=O)CN(CP(=O)(OOc1cccc(C(F)(F)F)c1)OOc1cccc(C(F)(F)F)c1)C(=O)C(F)(F)F. The Kier molecular flexibility index (Phi) is 10.5. The van der Waals surface area contributed by atoms with Gasteiger partial charge in [-0.3, -0.25) is 14.2 Å². The van der Waals surface area contributed by atoms with E-state index in [-0.39, 0.29) is 6.61 Å². The first-order valence-electron chi connectivity index (χ1n) is 10.5. The van der Waals surface area contributed by atoms with Crippen molar-refractivity contribution in [2.24, 2.45) is 0 Å². The topological polar surface area (TPSA) is 101 Å². The third-order valence-corrected chi connectivity index (χ3v) is 5.61. The fourth-order valence-corrected chi connectivity index (χ4v) is 3.81. The Balaban J connectivity index is 2.40. The summed E-state index contributed by atoms with van der Waals surface area (Å²) >= 11 is 0. The number of halogens is 9. The molecule has 0 aromatic heterocycles. The first-order valence-corrected chi connectivity index (χ1v) is 12.2. The van der Waals surface area contributed by atoms with E-state index in [1.807, 2.05) is 0 Å². The highest BCUT2D eigenvalue weighted by Gasteiger charge is 2.47. The van der Waals surface area contributed by atoms with Crippen LogP contribution in [0.1, 0.15) is 18.1 Å². The van der Waals surface area contributed by atoms with E-state index in [1.165, 1.54) is 6.92 Å². The highest BCUT2D eigenvalue weighted by Crippen LogP contribution is 2.50. The van der Waals surface area contributed by atoms with Gasteiger partial charge in [0, 0.05) is 0 Å². The van der Waals surface area contributed by atoms with E-state index in [2.05, 4.69) is 23.9 Å². The average molecular weight is 613 g/mol. The van der Waals surface area contributed by atoms with Gasteiger partial charge >= 0.3 is 38.0 Å². The summed E-state index contributed by atoms with van der Waals surface area (Å²) in [6.07, 6.45) is -17.2. The molecule has 0 radical (unpaired) electrons. The molecule has 0 atom stereocenters. The number of benzene rings is 2. The minimum Gasteiger partial charge on any atom is -0.465 e. The van der Waals surface area contributed by atoms with Crippen molar-refractivity contribution in [1.82, 2.24) is 4.90 Å². The van der Waals surface area contributed by atoms with Gasteiger partial charge in [-0.15, -0.1) is 0 Å². The van der Waals surface area contributed by atoms with Crippen LogP contribution >= 0.6 is 7.60 Å². The van der Waals surface area contributed by atoms with Crippen LogP contribution in [0.15, 0.2) is 48.5 Å². The summed E-state index contributed by atoms with van der Waals surface area (Å²) in [5, 5.41) is 0. The fraction of sp³-hybridized carbons (Fsp3) is 0.333. The Hall–Kier alpha value is -3.50. The molecule has 0 heterocycles. The number of alkyl halides is 9. The quantitative estimate of drug-likeness (QED) is 0.0979. The van der Waals surface area contributed by atoms with Gasteiger partial charge in [-0.25, -0.2) is 0 Å². The summed E-state index contributed by atoms with van der Waals surface area (Å²) in [6, 6.07) is 5.16. The number of amides is 1. The largest absolute Gasteiger partial charge is 0.471 e. The zero-order valence-electron chi connectivity index (χ0n) is 19.8. The number of esters is 1. The predicted molar refractivity (Wildman–Crippen MR) is 113 cm³/mol. The van der Waals surface area contributed by atoms with Crippen molar-refractivity contribution in [2.75, 3.05) is 19.4 Å². The second-order valence-corrected chi connectivity index (χ2v) is 9.23. The number of hydrogen-bond acceptors (Lipinski definition) is 8. The highest BCUT2D eigenvalue weighted by atomic mass is 31.2. The molecule has 1 amide bonds. The molecule has 0 aliphatic carbocycles. The van der Waals surface area contributed by atoms with Crippen molar-refractivity contribution in [1.29, 1.82) is 0 Å². The van der Waals surface area contributed by atoms with Gasteiger partial charge in [-0.2, -0.15) is 39.5 Å². The first-order chi connectivity index (χ1) is 18.3. The molecule has 0 N–H and O–H groups in total. The minimum atomic E-state index is -5.65. The normalized spacial score (nSPS) is 12.6. The molecular formula is C21H17F9NO8P. The summed E-state index contributed by atoms with van der Waals surface area (Å²) in [6.45, 7) is -0.540. The molecule has 0 unspecified atom stereocenters. The number of carbonyl (C=O) groups excluding carboxylic acids is 2. The molecule has 2 rings (SSSR count). The van der Waals surface area contributed by atoms with Crippen molar-refractivity contribution in [3.63, 3.8) is 0 Å². The summed E-state index contributed by atoms with van der Waals surface area (Å²) in [4.78, 5) is 32.2. The zero-order chi connectivity index (χ0) is 30.4. The van der Waals surface area contributed by atoms with Crippen LogP contribution in [0, 0.1) is 0 Å². The summed E-state index contributed by atoms with van der Waals surface area (Å²) < 4.78 is 144. The van der Waals surface area contributed by atoms with Gasteiger partial charge in [0.2, 0.25) is 0 Å². The molecule has 0 aliphatic heterocycles. The number of hydrogen-bond donors (Lipinski definition) is 0. The molecule has 0 fully saturated rings. The fourth-order valence-electron chi connectivity index (χ4n) is 2.64. The van der Waals surface area contributed by atoms with Gasteiger partial charge in [0.1, 0.15) is 12.8 Å². The molecule has 2 aromatic carbocycles. The van der Waals surface area contributed by atoms with E-state index in [0.29, 0.717) is 24.3 Å². The Morgan fingerprint density at radius 1 is 0.800 bits per heavy atom. The van der Waals surface area contributed by atoms with E-state index in [9.17, 15) is 53.7 Å². The van der Waals surface area contributed by atoms with Gasteiger partial charge in [-0.05, 0) is 43.3 Å². The van der Waals surface area contributed by atoms with Crippen molar-refractivity contribution >= 4 is 19.5 Å². The lowest BCUT2D eigenvalue weighted by molar-refractivity contribution is -0.190. The van der Waals surface area contributed by atoms with Crippen LogP contribution in [-0.2, 0) is 40.6 Å². The lowest BCUT2D eigenvalue weighted by Gasteiger charge is -2.25. The van der Waals surface area contributed by atoms with Gasteiger partial charge in [0.25, 0.3) is 0 Å². The standard InChI is InChI=1S/C21H17F9NO8P/c1-2-35-17(32)11-31(18(33)21(28,29)30)12-40(34,38-36-15-7-3-5-13(9-15)19(22,23)24)39-37-16-8-4-6-14(10-16)20(25,26)27/h3-10H,2,11-12H2,1H3. The number of ether oxygens (including phenoxy) is 1. The van der Waals surface area contributed by atoms with Crippen LogP contribution in [0.2, 0.25) is 0 Å². The molecule has 0 aliphatic rings. The molecule has 19 heteroatoms. The van der Waals surface area contributed by atoms with Gasteiger partial charge in [0.15, 0.2) is 11.5 Å². The molecular weight excluding hydrogens is 596 g/mol. The third-order valence-electron chi connectivity index (χ3n) is 4.32. The summed E-state index contributed by atoms with van der Waals surface area (Å²) in [5.74, 6) is -5.79. The molecule has 0 spiro atoms. The van der Waals surface area contributed by atoms with Crippen LogP contribution in [0.4, 0.5) is 39.5 Å². The van der Waals surface area contributed by atoms with E-state index in [1.54, 1.807) is 0 Å². The molecule has 0 saturated carbocycles. The maximum absolute atomic E-state index is 13.3. The molecule has 40 heavy (non-hydrogen) atoms. The monoisotopic (exact) mass is 613 g/mol. The molecule has 9 nitrogen and oxygen atoms in total. The molecule has 0 saturated heterocycles. The number of carbonyl (C=O) groups is 2. The van der Waals surface area contributed by atoms with Gasteiger partial charge in [0.05, 0.1) is 17.7 Å². The van der Waals surface area contributed by atoms with Gasteiger partial charge < -0.3 is 19.4 Å². The van der Waals surface area contributed by atoms with Crippen molar-refractivity contribution in [3.05, 3.63) is 59.7 Å². The average Bonchev–Trinajstić information content (AvgIpc) is 2.84. The van der Waals surface area contributed by atoms with Crippen LogP contribution < -0.4 is 9.78 Å². The maximum Gasteiger partial charge on any atom is 0.471 e. The van der Waals surface area contributed by atoms with Crippen molar-refractivity contribution in [3.8, 4) is 11.5 Å². The molecule has 222 valence electrons. The highest BCUT2D eigenvalue weighted by molar-refractivity contribution is 7.53. The predicted octanol–water partition coefficient (Wildman–Crippen LogP) is 6.15. The van der Waals surface area contributed by atoms with E-state index < -0.39 is 78.4 Å². The Morgan fingerprint density at radius 3 is 1.62 bits per heavy atom. The smallest absolute Gasteiger partial charge is 0.465 e. The molecule has 0 bridgehead atoms. The first kappa shape index (κ1) is 32.7. The minimum absolute atomic E-state index is 0.329. The second-order valence-electron chi connectivity index (χ2n) is 7.43. The lowest BCUT2D eigenvalue weighted by atomic mass is 10.2. The van der Waals surface area contributed by atoms with E-state index in [0.717, 1.165) is 24.3 Å². The van der Waals surface area contributed by atoms with Crippen LogP contribution in [-0.4, -0.2) is 42.4 Å². The Bertz CT molecular complexity index is 1170. The lowest BCUT2D eigenvalue weighted by Crippen LogP contribution is -2.45. The van der Waals surface area contributed by atoms with Crippen molar-refractivity contribution < 1.29 is 77.5 Å². The van der Waals surface area contributed by atoms with Crippen molar-refractivity contribution in [2.45, 2.75) is 25.5 Å².